The standard InChI is InChI=1S/C10H8F3N3O/c1-5-3-8-14-9(17)4-7(10(11,12)13)16(8)15-6(5)2/h3-4H,1-2H3. The van der Waals surface area contributed by atoms with Gasteiger partial charge < -0.3 is 0 Å². The van der Waals surface area contributed by atoms with Crippen molar-refractivity contribution in [1.82, 2.24) is 14.6 Å². The molecule has 2 aromatic rings. The van der Waals surface area contributed by atoms with Crippen molar-refractivity contribution in [1.29, 1.82) is 0 Å². The monoisotopic (exact) mass is 243 g/mol. The highest BCUT2D eigenvalue weighted by Gasteiger charge is 2.34. The van der Waals surface area contributed by atoms with Gasteiger partial charge in [-0.25, -0.2) is 4.52 Å². The van der Waals surface area contributed by atoms with Gasteiger partial charge in [0.25, 0.3) is 5.56 Å². The molecule has 4 nitrogen and oxygen atoms in total. The van der Waals surface area contributed by atoms with Crippen LogP contribution in [0.3, 0.4) is 0 Å². The van der Waals surface area contributed by atoms with E-state index in [4.69, 9.17) is 0 Å². The van der Waals surface area contributed by atoms with E-state index in [-0.39, 0.29) is 5.65 Å². The van der Waals surface area contributed by atoms with E-state index in [9.17, 15) is 18.0 Å². The van der Waals surface area contributed by atoms with Gasteiger partial charge in [-0.1, -0.05) is 0 Å². The zero-order chi connectivity index (χ0) is 12.8. The second kappa shape index (κ2) is 3.54. The lowest BCUT2D eigenvalue weighted by Crippen LogP contribution is -2.21. The fourth-order valence-corrected chi connectivity index (χ4v) is 1.42. The Morgan fingerprint density at radius 1 is 1.24 bits per heavy atom. The maximum absolute atomic E-state index is 12.7. The Morgan fingerprint density at radius 2 is 1.88 bits per heavy atom. The summed E-state index contributed by atoms with van der Waals surface area (Å²) >= 11 is 0. The zero-order valence-electron chi connectivity index (χ0n) is 9.04. The molecule has 2 aromatic heterocycles. The molecule has 0 aliphatic rings. The second-order valence-electron chi connectivity index (χ2n) is 3.66. The zero-order valence-corrected chi connectivity index (χ0v) is 9.04. The van der Waals surface area contributed by atoms with Crippen LogP contribution in [0.1, 0.15) is 17.0 Å². The van der Waals surface area contributed by atoms with Crippen molar-refractivity contribution < 1.29 is 13.2 Å². The molecule has 0 aliphatic carbocycles. The van der Waals surface area contributed by atoms with Crippen molar-refractivity contribution >= 4 is 5.65 Å². The molecule has 2 heterocycles. The third kappa shape index (κ3) is 2.00. The number of alkyl halides is 3. The highest BCUT2D eigenvalue weighted by molar-refractivity contribution is 5.41. The highest BCUT2D eigenvalue weighted by atomic mass is 19.4. The topological polar surface area (TPSA) is 47.3 Å². The Kier molecular flexibility index (Phi) is 2.41. The van der Waals surface area contributed by atoms with E-state index in [2.05, 4.69) is 10.1 Å². The van der Waals surface area contributed by atoms with Gasteiger partial charge in [-0.3, -0.25) is 4.79 Å². The maximum Gasteiger partial charge on any atom is 0.433 e. The molecule has 90 valence electrons. The van der Waals surface area contributed by atoms with Crippen molar-refractivity contribution in [2.45, 2.75) is 20.0 Å². The quantitative estimate of drug-likeness (QED) is 0.707. The molecular formula is C10H8F3N3O. The lowest BCUT2D eigenvalue weighted by molar-refractivity contribution is -0.142. The molecule has 0 spiro atoms. The van der Waals surface area contributed by atoms with Gasteiger partial charge >= 0.3 is 6.18 Å². The van der Waals surface area contributed by atoms with Gasteiger partial charge in [-0.15, -0.1) is 0 Å². The predicted octanol–water partition coefficient (Wildman–Crippen LogP) is 1.73. The predicted molar refractivity (Wildman–Crippen MR) is 53.7 cm³/mol. The number of fused-ring (bicyclic) bond motifs is 1. The molecule has 0 N–H and O–H groups in total. The van der Waals surface area contributed by atoms with Crippen molar-refractivity contribution in [3.63, 3.8) is 0 Å². The summed E-state index contributed by atoms with van der Waals surface area (Å²) in [4.78, 5) is 14.6. The van der Waals surface area contributed by atoms with Gasteiger partial charge in [0.2, 0.25) is 0 Å². The Labute approximate surface area is 93.7 Å². The number of rotatable bonds is 0. The van der Waals surface area contributed by atoms with Crippen LogP contribution in [0.15, 0.2) is 16.9 Å². The van der Waals surface area contributed by atoms with Crippen LogP contribution in [0.5, 0.6) is 0 Å². The van der Waals surface area contributed by atoms with Gasteiger partial charge in [-0.2, -0.15) is 23.3 Å². The summed E-state index contributed by atoms with van der Waals surface area (Å²) in [5.74, 6) is 0. The maximum atomic E-state index is 12.7. The van der Waals surface area contributed by atoms with E-state index in [0.29, 0.717) is 21.8 Å². The van der Waals surface area contributed by atoms with E-state index in [1.165, 1.54) is 6.07 Å². The normalized spacial score (nSPS) is 12.1. The SMILES string of the molecule is Cc1cc2nc(=O)cc(C(F)(F)F)n2nc1C. The van der Waals surface area contributed by atoms with Crippen molar-refractivity contribution in [3.05, 3.63) is 39.4 Å². The Bertz CT molecular complexity index is 646. The molecular weight excluding hydrogens is 235 g/mol. The lowest BCUT2D eigenvalue weighted by atomic mass is 10.2. The molecule has 0 saturated heterocycles. The molecule has 17 heavy (non-hydrogen) atoms. The number of aromatic nitrogens is 3. The van der Waals surface area contributed by atoms with E-state index >= 15 is 0 Å². The molecule has 0 aromatic carbocycles. The van der Waals surface area contributed by atoms with Crippen LogP contribution in [-0.4, -0.2) is 14.6 Å². The average molecular weight is 243 g/mol. The summed E-state index contributed by atoms with van der Waals surface area (Å²) in [6.07, 6.45) is -4.64. The second-order valence-corrected chi connectivity index (χ2v) is 3.66. The van der Waals surface area contributed by atoms with Gasteiger partial charge in [-0.05, 0) is 25.5 Å². The molecule has 7 heteroatoms. The number of nitrogens with zero attached hydrogens (tertiary/aromatic N) is 3. The lowest BCUT2D eigenvalue weighted by Gasteiger charge is -2.11. The summed E-state index contributed by atoms with van der Waals surface area (Å²) in [6.45, 7) is 3.28. The molecule has 0 atom stereocenters. The van der Waals surface area contributed by atoms with Crippen molar-refractivity contribution in [2.75, 3.05) is 0 Å². The minimum Gasteiger partial charge on any atom is -0.267 e. The first-order valence-electron chi connectivity index (χ1n) is 4.74. The highest BCUT2D eigenvalue weighted by Crippen LogP contribution is 2.28. The van der Waals surface area contributed by atoms with E-state index in [0.717, 1.165) is 0 Å². The number of hydrogen-bond donors (Lipinski definition) is 0. The molecule has 0 bridgehead atoms. The van der Waals surface area contributed by atoms with Crippen LogP contribution >= 0.6 is 0 Å². The minimum absolute atomic E-state index is 0.104. The number of halogens is 3. The summed E-state index contributed by atoms with van der Waals surface area (Å²) < 4.78 is 38.8. The third-order valence-corrected chi connectivity index (χ3v) is 2.39. The summed E-state index contributed by atoms with van der Waals surface area (Å²) in [6, 6.07) is 1.84. The number of aryl methyl sites for hydroxylation is 2. The molecule has 0 fully saturated rings. The molecule has 2 rings (SSSR count). The van der Waals surface area contributed by atoms with Crippen LogP contribution < -0.4 is 5.56 Å². The molecule has 0 saturated carbocycles. The van der Waals surface area contributed by atoms with Crippen molar-refractivity contribution in [2.24, 2.45) is 0 Å². The van der Waals surface area contributed by atoms with E-state index in [1.807, 2.05) is 0 Å². The Hall–Kier alpha value is -1.92. The Morgan fingerprint density at radius 3 is 2.47 bits per heavy atom. The largest absolute Gasteiger partial charge is 0.433 e. The van der Waals surface area contributed by atoms with E-state index < -0.39 is 17.4 Å². The van der Waals surface area contributed by atoms with Crippen molar-refractivity contribution in [3.8, 4) is 0 Å². The van der Waals surface area contributed by atoms with Gasteiger partial charge in [0.1, 0.15) is 0 Å². The van der Waals surface area contributed by atoms with E-state index in [1.54, 1.807) is 13.8 Å². The Balaban J connectivity index is 2.93. The average Bonchev–Trinajstić information content (AvgIpc) is 2.18. The van der Waals surface area contributed by atoms with Crippen LogP contribution in [0, 0.1) is 13.8 Å². The van der Waals surface area contributed by atoms with Crippen LogP contribution in [0.2, 0.25) is 0 Å². The fraction of sp³-hybridized carbons (Fsp3) is 0.300. The first-order chi connectivity index (χ1) is 7.79. The fourth-order valence-electron chi connectivity index (χ4n) is 1.42. The number of hydrogen-bond acceptors (Lipinski definition) is 3. The first-order valence-corrected chi connectivity index (χ1v) is 4.74. The third-order valence-electron chi connectivity index (χ3n) is 2.39. The van der Waals surface area contributed by atoms with Gasteiger partial charge in [0.05, 0.1) is 5.69 Å². The molecule has 0 unspecified atom stereocenters. The summed E-state index contributed by atoms with van der Waals surface area (Å²) in [5.41, 5.74) is -1.02. The van der Waals surface area contributed by atoms with Crippen LogP contribution in [0.4, 0.5) is 13.2 Å². The van der Waals surface area contributed by atoms with Gasteiger partial charge in [0.15, 0.2) is 11.3 Å². The summed E-state index contributed by atoms with van der Waals surface area (Å²) in [5, 5.41) is 3.78. The molecule has 0 radical (unpaired) electrons. The minimum atomic E-state index is -4.64. The smallest absolute Gasteiger partial charge is 0.267 e. The first kappa shape index (κ1) is 11.6. The summed E-state index contributed by atoms with van der Waals surface area (Å²) in [7, 11) is 0. The van der Waals surface area contributed by atoms with Crippen LogP contribution in [-0.2, 0) is 6.18 Å². The van der Waals surface area contributed by atoms with Crippen LogP contribution in [0.25, 0.3) is 5.65 Å². The van der Waals surface area contributed by atoms with Gasteiger partial charge in [0, 0.05) is 6.07 Å². The molecule has 0 amide bonds. The molecule has 0 aliphatic heterocycles.